The average molecular weight is 469 g/mol. The first-order valence-electron chi connectivity index (χ1n) is 9.05. The molecule has 1 heterocycles. The fourth-order valence-corrected chi connectivity index (χ4v) is 5.28. The summed E-state index contributed by atoms with van der Waals surface area (Å²) in [5.41, 5.74) is 0.505. The van der Waals surface area contributed by atoms with Crippen LogP contribution in [0, 0.1) is 11.6 Å². The van der Waals surface area contributed by atoms with E-state index < -0.39 is 52.1 Å². The van der Waals surface area contributed by atoms with Crippen molar-refractivity contribution in [1.29, 1.82) is 0 Å². The lowest BCUT2D eigenvalue weighted by molar-refractivity contribution is -0.141. The van der Waals surface area contributed by atoms with Gasteiger partial charge in [0.1, 0.15) is 12.4 Å². The lowest BCUT2D eigenvalue weighted by atomic mass is 10.2. The Morgan fingerprint density at radius 1 is 1.16 bits per heavy atom. The Kier molecular flexibility index (Phi) is 6.96. The topological polar surface area (TPSA) is 94.8 Å². The summed E-state index contributed by atoms with van der Waals surface area (Å²) in [6.07, 6.45) is -0.390. The van der Waals surface area contributed by atoms with E-state index in [1.807, 2.05) is 0 Å². The van der Waals surface area contributed by atoms with Crippen LogP contribution in [0.4, 0.5) is 8.78 Å². The second-order valence-corrected chi connectivity index (χ2v) is 9.81. The number of sulfone groups is 1. The fourth-order valence-electron chi connectivity index (χ4n) is 2.86. The molecule has 0 fully saturated rings. The number of halogens is 2. The van der Waals surface area contributed by atoms with E-state index in [4.69, 9.17) is 0 Å². The Hall–Kier alpha value is -2.92. The van der Waals surface area contributed by atoms with Gasteiger partial charge in [-0.1, -0.05) is 41.7 Å². The Bertz CT molecular complexity index is 1300. The zero-order valence-electron chi connectivity index (χ0n) is 16.4. The first kappa shape index (κ1) is 22.8. The van der Waals surface area contributed by atoms with Crippen molar-refractivity contribution >= 4 is 43.3 Å². The molecule has 31 heavy (non-hydrogen) atoms. The maximum absolute atomic E-state index is 14.3. The zero-order valence-corrected chi connectivity index (χ0v) is 18.0. The molecule has 0 aliphatic carbocycles. The van der Waals surface area contributed by atoms with Gasteiger partial charge in [-0.05, 0) is 11.6 Å². The first-order valence-corrected chi connectivity index (χ1v) is 11.7. The third-order valence-electron chi connectivity index (χ3n) is 4.29. The number of methoxy groups -OCH3 is 1. The van der Waals surface area contributed by atoms with E-state index in [9.17, 15) is 26.8 Å². The van der Waals surface area contributed by atoms with Gasteiger partial charge in [0, 0.05) is 12.5 Å². The molecule has 11 heteroatoms. The number of hydrogen-bond donors (Lipinski definition) is 0. The van der Waals surface area contributed by atoms with Crippen molar-refractivity contribution in [2.45, 2.75) is 18.7 Å². The number of ether oxygens (including phenoxy) is 1. The largest absolute Gasteiger partial charge is 0.468 e. The molecule has 0 saturated heterocycles. The molecule has 0 radical (unpaired) electrons. The van der Waals surface area contributed by atoms with Gasteiger partial charge >= 0.3 is 5.97 Å². The monoisotopic (exact) mass is 468 g/mol. The van der Waals surface area contributed by atoms with E-state index in [1.165, 1.54) is 0 Å². The lowest BCUT2D eigenvalue weighted by Gasteiger charge is -2.05. The summed E-state index contributed by atoms with van der Waals surface area (Å²) in [6, 6.07) is 10.3. The molecule has 0 aliphatic rings. The summed E-state index contributed by atoms with van der Waals surface area (Å²) in [6.45, 7) is -0.447. The number of rotatable bonds is 7. The maximum atomic E-state index is 14.3. The van der Waals surface area contributed by atoms with Gasteiger partial charge in [0.2, 0.25) is 5.91 Å². The summed E-state index contributed by atoms with van der Waals surface area (Å²) in [5, 5.41) is 0. The van der Waals surface area contributed by atoms with Crippen LogP contribution in [0.2, 0.25) is 0 Å². The van der Waals surface area contributed by atoms with Gasteiger partial charge in [-0.2, -0.15) is 4.99 Å². The third kappa shape index (κ3) is 5.82. The number of nitrogens with zero attached hydrogens (tertiary/aromatic N) is 2. The minimum atomic E-state index is -3.56. The van der Waals surface area contributed by atoms with Crippen molar-refractivity contribution in [3.8, 4) is 0 Å². The van der Waals surface area contributed by atoms with Crippen LogP contribution in [-0.2, 0) is 36.5 Å². The molecule has 2 aromatic carbocycles. The van der Waals surface area contributed by atoms with E-state index in [2.05, 4.69) is 9.73 Å². The Morgan fingerprint density at radius 2 is 1.87 bits per heavy atom. The van der Waals surface area contributed by atoms with Gasteiger partial charge in [0.05, 0.1) is 28.8 Å². The van der Waals surface area contributed by atoms with E-state index in [0.29, 0.717) is 11.6 Å². The molecule has 0 atom stereocenters. The number of amides is 1. The molecule has 0 saturated carbocycles. The zero-order chi connectivity index (χ0) is 22.6. The van der Waals surface area contributed by atoms with Crippen molar-refractivity contribution in [3.63, 3.8) is 0 Å². The summed E-state index contributed by atoms with van der Waals surface area (Å²) in [7, 11) is -2.41. The predicted molar refractivity (Wildman–Crippen MR) is 111 cm³/mol. The van der Waals surface area contributed by atoms with Crippen LogP contribution in [0.5, 0.6) is 0 Å². The minimum Gasteiger partial charge on any atom is -0.468 e. The molecular formula is C20H18F2N2O5S2. The van der Waals surface area contributed by atoms with Crippen LogP contribution in [-0.4, -0.2) is 37.7 Å². The standard InChI is InChI=1S/C20H18F2N2O5S2/c1-29-18(26)11-24-19-15(22)9-14(21)10-16(19)30-20(24)23-17(25)7-8-31(27,28)12-13-5-3-2-4-6-13/h2-6,9-10H,7-8,11-12H2,1H3. The average Bonchev–Trinajstić information content (AvgIpc) is 3.03. The molecule has 0 spiro atoms. The minimum absolute atomic E-state index is 0.0599. The highest BCUT2D eigenvalue weighted by molar-refractivity contribution is 7.90. The normalized spacial score (nSPS) is 12.3. The van der Waals surface area contributed by atoms with Crippen LogP contribution < -0.4 is 4.80 Å². The van der Waals surface area contributed by atoms with Crippen molar-refractivity contribution in [3.05, 3.63) is 64.5 Å². The maximum Gasteiger partial charge on any atom is 0.325 e. The Balaban J connectivity index is 1.87. The molecule has 0 bridgehead atoms. The highest BCUT2D eigenvalue weighted by Crippen LogP contribution is 2.22. The van der Waals surface area contributed by atoms with Gasteiger partial charge < -0.3 is 9.30 Å². The van der Waals surface area contributed by atoms with E-state index >= 15 is 0 Å². The van der Waals surface area contributed by atoms with Gasteiger partial charge in [-0.25, -0.2) is 17.2 Å². The predicted octanol–water partition coefficient (Wildman–Crippen LogP) is 2.59. The van der Waals surface area contributed by atoms with Gasteiger partial charge in [0.25, 0.3) is 0 Å². The molecule has 1 aromatic heterocycles. The van der Waals surface area contributed by atoms with Crippen molar-refractivity contribution < 1.29 is 31.5 Å². The SMILES string of the molecule is COC(=O)Cn1c(=NC(=O)CCS(=O)(=O)Cc2ccccc2)sc2cc(F)cc(F)c21. The molecule has 1 amide bonds. The van der Waals surface area contributed by atoms with Crippen LogP contribution >= 0.6 is 11.3 Å². The third-order valence-corrected chi connectivity index (χ3v) is 6.91. The van der Waals surface area contributed by atoms with Gasteiger partial charge in [0.15, 0.2) is 20.5 Å². The molecule has 0 N–H and O–H groups in total. The van der Waals surface area contributed by atoms with Gasteiger partial charge in [-0.3, -0.25) is 9.59 Å². The molecule has 7 nitrogen and oxygen atoms in total. The van der Waals surface area contributed by atoms with Gasteiger partial charge in [-0.15, -0.1) is 0 Å². The number of hydrogen-bond acceptors (Lipinski definition) is 6. The molecule has 3 aromatic rings. The summed E-state index contributed by atoms with van der Waals surface area (Å²) >= 11 is 0.807. The van der Waals surface area contributed by atoms with E-state index in [1.54, 1.807) is 30.3 Å². The number of benzene rings is 2. The molecule has 0 unspecified atom stereocenters. The Labute approximate surface area is 180 Å². The number of aromatic nitrogens is 1. The lowest BCUT2D eigenvalue weighted by Crippen LogP contribution is -2.23. The number of fused-ring (bicyclic) bond motifs is 1. The van der Waals surface area contributed by atoms with Crippen molar-refractivity contribution in [2.24, 2.45) is 4.99 Å². The van der Waals surface area contributed by atoms with Crippen LogP contribution in [0.1, 0.15) is 12.0 Å². The molecule has 164 valence electrons. The summed E-state index contributed by atoms with van der Waals surface area (Å²) in [4.78, 5) is 27.8. The van der Waals surface area contributed by atoms with E-state index in [-0.39, 0.29) is 20.8 Å². The summed E-state index contributed by atoms with van der Waals surface area (Å²) < 4.78 is 58.3. The number of carbonyl (C=O) groups is 2. The van der Waals surface area contributed by atoms with Crippen LogP contribution in [0.25, 0.3) is 10.2 Å². The number of thiazole rings is 1. The van der Waals surface area contributed by atoms with E-state index in [0.717, 1.165) is 29.1 Å². The second kappa shape index (κ2) is 9.48. The summed E-state index contributed by atoms with van der Waals surface area (Å²) in [5.74, 6) is -3.85. The van der Waals surface area contributed by atoms with Crippen LogP contribution in [0.3, 0.4) is 0 Å². The van der Waals surface area contributed by atoms with Crippen molar-refractivity contribution in [1.82, 2.24) is 4.57 Å². The fraction of sp³-hybridized carbons (Fsp3) is 0.250. The highest BCUT2D eigenvalue weighted by atomic mass is 32.2. The highest BCUT2D eigenvalue weighted by Gasteiger charge is 2.18. The molecule has 0 aliphatic heterocycles. The second-order valence-electron chi connectivity index (χ2n) is 6.61. The Morgan fingerprint density at radius 3 is 2.55 bits per heavy atom. The van der Waals surface area contributed by atoms with Crippen LogP contribution in [0.15, 0.2) is 47.5 Å². The van der Waals surface area contributed by atoms with Crippen molar-refractivity contribution in [2.75, 3.05) is 12.9 Å². The first-order chi connectivity index (χ1) is 14.7. The number of esters is 1. The molecule has 3 rings (SSSR count). The number of carbonyl (C=O) groups excluding carboxylic acids is 2. The smallest absolute Gasteiger partial charge is 0.325 e. The molecular weight excluding hydrogens is 450 g/mol. The quantitative estimate of drug-likeness (QED) is 0.497.